The number of rotatable bonds is 7. The van der Waals surface area contributed by atoms with E-state index in [0.29, 0.717) is 30.3 Å². The van der Waals surface area contributed by atoms with E-state index >= 15 is 0 Å². The average Bonchev–Trinajstić information content (AvgIpc) is 3.28. The molecule has 0 spiro atoms. The zero-order valence-corrected chi connectivity index (χ0v) is 15.0. The summed E-state index contributed by atoms with van der Waals surface area (Å²) in [6.45, 7) is 2.13. The average molecular weight is 359 g/mol. The highest BCUT2D eigenvalue weighted by atomic mass is 32.1. The second kappa shape index (κ2) is 8.11. The Morgan fingerprint density at radius 1 is 1.36 bits per heavy atom. The fourth-order valence-electron chi connectivity index (χ4n) is 2.76. The Morgan fingerprint density at radius 3 is 2.92 bits per heavy atom. The van der Waals surface area contributed by atoms with E-state index < -0.39 is 0 Å². The lowest BCUT2D eigenvalue weighted by molar-refractivity contribution is -0.127. The van der Waals surface area contributed by atoms with Gasteiger partial charge >= 0.3 is 0 Å². The molecule has 0 atom stereocenters. The van der Waals surface area contributed by atoms with E-state index in [1.54, 1.807) is 19.4 Å². The van der Waals surface area contributed by atoms with Crippen LogP contribution < -0.4 is 10.1 Å². The van der Waals surface area contributed by atoms with Gasteiger partial charge in [-0.2, -0.15) is 0 Å². The van der Waals surface area contributed by atoms with E-state index in [-0.39, 0.29) is 11.8 Å². The van der Waals surface area contributed by atoms with Gasteiger partial charge in [0.05, 0.1) is 12.0 Å². The van der Waals surface area contributed by atoms with Crippen molar-refractivity contribution in [2.24, 2.45) is 0 Å². The molecule has 3 rings (SSSR count). The van der Waals surface area contributed by atoms with Crippen LogP contribution in [-0.2, 0) is 4.79 Å². The van der Waals surface area contributed by atoms with E-state index in [0.717, 1.165) is 29.8 Å². The number of carbonyl (C=O) groups is 2. The maximum absolute atomic E-state index is 12.2. The van der Waals surface area contributed by atoms with Crippen LogP contribution in [0, 0.1) is 0 Å². The molecule has 0 aromatic carbocycles. The van der Waals surface area contributed by atoms with Gasteiger partial charge in [-0.3, -0.25) is 9.59 Å². The van der Waals surface area contributed by atoms with Crippen molar-refractivity contribution in [3.05, 3.63) is 35.3 Å². The van der Waals surface area contributed by atoms with Gasteiger partial charge in [-0.05, 0) is 31.0 Å². The largest absolute Gasteiger partial charge is 0.481 e. The van der Waals surface area contributed by atoms with E-state index in [1.165, 1.54) is 11.3 Å². The lowest BCUT2D eigenvalue weighted by Crippen LogP contribution is -2.30. The van der Waals surface area contributed by atoms with Crippen molar-refractivity contribution in [3.8, 4) is 16.3 Å². The van der Waals surface area contributed by atoms with Crippen molar-refractivity contribution in [1.29, 1.82) is 0 Å². The highest BCUT2D eigenvalue weighted by Gasteiger charge is 2.19. The molecule has 3 heterocycles. The molecule has 1 saturated heterocycles. The van der Waals surface area contributed by atoms with Crippen LogP contribution in [0.2, 0.25) is 0 Å². The summed E-state index contributed by atoms with van der Waals surface area (Å²) in [6, 6.07) is 7.47. The Labute approximate surface area is 150 Å². The minimum absolute atomic E-state index is 0.0783. The summed E-state index contributed by atoms with van der Waals surface area (Å²) in [5.41, 5.74) is 0.956. The monoisotopic (exact) mass is 359 g/mol. The van der Waals surface area contributed by atoms with E-state index in [9.17, 15) is 9.59 Å². The number of methoxy groups -OCH3 is 1. The first-order valence-electron chi connectivity index (χ1n) is 8.33. The predicted octanol–water partition coefficient (Wildman–Crippen LogP) is 2.56. The molecule has 2 aromatic heterocycles. The molecule has 0 radical (unpaired) electrons. The summed E-state index contributed by atoms with van der Waals surface area (Å²) in [7, 11) is 1.58. The van der Waals surface area contributed by atoms with Crippen LogP contribution >= 0.6 is 11.3 Å². The van der Waals surface area contributed by atoms with E-state index in [1.807, 2.05) is 23.1 Å². The molecule has 2 amide bonds. The van der Waals surface area contributed by atoms with Crippen LogP contribution in [0.3, 0.4) is 0 Å². The molecule has 6 nitrogen and oxygen atoms in total. The van der Waals surface area contributed by atoms with Gasteiger partial charge < -0.3 is 15.0 Å². The van der Waals surface area contributed by atoms with Gasteiger partial charge in [0.25, 0.3) is 5.91 Å². The lowest BCUT2D eigenvalue weighted by atomic mass is 10.2. The molecule has 132 valence electrons. The summed E-state index contributed by atoms with van der Waals surface area (Å²) in [6.07, 6.45) is 4.12. The fraction of sp³-hybridized carbons (Fsp3) is 0.389. The maximum Gasteiger partial charge on any atom is 0.261 e. The van der Waals surface area contributed by atoms with Crippen molar-refractivity contribution in [3.63, 3.8) is 0 Å². The Bertz CT molecular complexity index is 742. The quantitative estimate of drug-likeness (QED) is 0.771. The minimum atomic E-state index is -0.0783. The van der Waals surface area contributed by atoms with Gasteiger partial charge in [-0.1, -0.05) is 0 Å². The van der Waals surface area contributed by atoms with Crippen LogP contribution in [0.1, 0.15) is 28.9 Å². The molecule has 0 bridgehead atoms. The first-order chi connectivity index (χ1) is 12.2. The first-order valence-corrected chi connectivity index (χ1v) is 9.15. The van der Waals surface area contributed by atoms with Crippen molar-refractivity contribution in [2.75, 3.05) is 26.7 Å². The fourth-order valence-corrected chi connectivity index (χ4v) is 3.67. The molecule has 0 unspecified atom stereocenters. The van der Waals surface area contributed by atoms with Crippen LogP contribution in [0.25, 0.3) is 10.4 Å². The first kappa shape index (κ1) is 17.4. The standard InChI is InChI=1S/C18H21N3O3S/c1-24-16-8-5-13(12-20-16)14-6-7-15(25-14)18(23)19-9-3-11-21-10-2-4-17(21)22/h5-8,12H,2-4,9-11H2,1H3,(H,19,23). The second-order valence-electron chi connectivity index (χ2n) is 5.85. The summed E-state index contributed by atoms with van der Waals surface area (Å²) in [5.74, 6) is 0.711. The number of aromatic nitrogens is 1. The highest BCUT2D eigenvalue weighted by Crippen LogP contribution is 2.28. The molecule has 25 heavy (non-hydrogen) atoms. The highest BCUT2D eigenvalue weighted by molar-refractivity contribution is 7.17. The number of thiophene rings is 1. The minimum Gasteiger partial charge on any atom is -0.481 e. The van der Waals surface area contributed by atoms with Crippen LogP contribution in [0.15, 0.2) is 30.5 Å². The zero-order chi connectivity index (χ0) is 17.6. The van der Waals surface area contributed by atoms with Gasteiger partial charge in [-0.15, -0.1) is 11.3 Å². The Kier molecular flexibility index (Phi) is 5.65. The summed E-state index contributed by atoms with van der Waals surface area (Å²) in [4.78, 5) is 31.5. The Hall–Kier alpha value is -2.41. The van der Waals surface area contributed by atoms with Gasteiger partial charge in [0.2, 0.25) is 11.8 Å². The summed E-state index contributed by atoms with van der Waals surface area (Å²) < 4.78 is 5.05. The molecule has 2 aromatic rings. The number of hydrogen-bond acceptors (Lipinski definition) is 5. The molecule has 0 saturated carbocycles. The number of carbonyl (C=O) groups excluding carboxylic acids is 2. The van der Waals surface area contributed by atoms with Crippen molar-refractivity contribution < 1.29 is 14.3 Å². The molecule has 1 N–H and O–H groups in total. The molecule has 1 fully saturated rings. The van der Waals surface area contributed by atoms with E-state index in [2.05, 4.69) is 10.3 Å². The Balaban J connectivity index is 1.49. The second-order valence-corrected chi connectivity index (χ2v) is 6.93. The number of ether oxygens (including phenoxy) is 1. The number of likely N-dealkylation sites (tertiary alicyclic amines) is 1. The number of hydrogen-bond donors (Lipinski definition) is 1. The van der Waals surface area contributed by atoms with Crippen LogP contribution in [0.5, 0.6) is 5.88 Å². The van der Waals surface area contributed by atoms with Gasteiger partial charge in [0.15, 0.2) is 0 Å². The third kappa shape index (κ3) is 4.36. The maximum atomic E-state index is 12.2. The zero-order valence-electron chi connectivity index (χ0n) is 14.2. The molecule has 1 aliphatic rings. The smallest absolute Gasteiger partial charge is 0.261 e. The molecular weight excluding hydrogens is 338 g/mol. The molecule has 0 aliphatic carbocycles. The molecule has 7 heteroatoms. The number of pyridine rings is 1. The topological polar surface area (TPSA) is 71.5 Å². The van der Waals surface area contributed by atoms with Gasteiger partial charge in [-0.25, -0.2) is 4.98 Å². The van der Waals surface area contributed by atoms with Gasteiger partial charge in [0.1, 0.15) is 0 Å². The van der Waals surface area contributed by atoms with Crippen LogP contribution in [0.4, 0.5) is 0 Å². The number of nitrogens with one attached hydrogen (secondary N) is 1. The summed E-state index contributed by atoms with van der Waals surface area (Å²) >= 11 is 1.43. The van der Waals surface area contributed by atoms with Crippen LogP contribution in [-0.4, -0.2) is 48.4 Å². The lowest BCUT2D eigenvalue weighted by Gasteiger charge is -2.15. The number of amides is 2. The third-order valence-electron chi connectivity index (χ3n) is 4.12. The van der Waals surface area contributed by atoms with Crippen molar-refractivity contribution >= 4 is 23.2 Å². The van der Waals surface area contributed by atoms with E-state index in [4.69, 9.17) is 4.74 Å². The van der Waals surface area contributed by atoms with Crippen molar-refractivity contribution in [1.82, 2.24) is 15.2 Å². The Morgan fingerprint density at radius 2 is 2.24 bits per heavy atom. The molecule has 1 aliphatic heterocycles. The molecular formula is C18H21N3O3S. The van der Waals surface area contributed by atoms with Crippen molar-refractivity contribution in [2.45, 2.75) is 19.3 Å². The number of nitrogens with zero attached hydrogens (tertiary/aromatic N) is 2. The SMILES string of the molecule is COc1ccc(-c2ccc(C(=O)NCCCN3CCCC3=O)s2)cn1. The predicted molar refractivity (Wildman–Crippen MR) is 96.9 cm³/mol. The van der Waals surface area contributed by atoms with Gasteiger partial charge in [0, 0.05) is 48.8 Å². The third-order valence-corrected chi connectivity index (χ3v) is 5.25. The summed E-state index contributed by atoms with van der Waals surface area (Å²) in [5, 5.41) is 2.92. The normalized spacial score (nSPS) is 14.0.